The second-order valence-electron chi connectivity index (χ2n) is 10.4. The van der Waals surface area contributed by atoms with Crippen molar-refractivity contribution in [2.45, 2.75) is 87.9 Å². The Morgan fingerprint density at radius 1 is 1.09 bits per heavy atom. The molecule has 182 valence electrons. The maximum Gasteiger partial charge on any atom is 0.335 e. The quantitative estimate of drug-likeness (QED) is 0.357. The van der Waals surface area contributed by atoms with Gasteiger partial charge in [0.2, 0.25) is 0 Å². The monoisotopic (exact) mass is 464 g/mol. The lowest BCUT2D eigenvalue weighted by Gasteiger charge is -2.53. The van der Waals surface area contributed by atoms with E-state index in [-0.39, 0.29) is 11.7 Å². The Kier molecular flexibility index (Phi) is 5.51. The van der Waals surface area contributed by atoms with Crippen molar-refractivity contribution < 1.29 is 44.9 Å². The van der Waals surface area contributed by atoms with Gasteiger partial charge in [0.05, 0.1) is 0 Å². The molecule has 1 saturated heterocycles. The van der Waals surface area contributed by atoms with E-state index in [1.54, 1.807) is 6.07 Å². The van der Waals surface area contributed by atoms with Crippen LogP contribution < -0.4 is 0 Å². The van der Waals surface area contributed by atoms with Crippen LogP contribution in [0.4, 0.5) is 0 Å². The minimum atomic E-state index is -1.81. The average molecular weight is 465 g/mol. The van der Waals surface area contributed by atoms with Crippen LogP contribution in [-0.2, 0) is 20.7 Å². The number of phenolic OH excluding ortho intramolecular Hbond substituents is 1. The van der Waals surface area contributed by atoms with Crippen LogP contribution >= 0.6 is 0 Å². The molecule has 0 radical (unpaired) electrons. The summed E-state index contributed by atoms with van der Waals surface area (Å²) in [6.45, 7) is 1.97. The van der Waals surface area contributed by atoms with Crippen LogP contribution in [0.2, 0.25) is 0 Å². The minimum absolute atomic E-state index is 0.148. The van der Waals surface area contributed by atoms with Crippen molar-refractivity contribution in [3.8, 4) is 5.75 Å². The summed E-state index contributed by atoms with van der Waals surface area (Å²) in [5.41, 5.74) is 1.79. The van der Waals surface area contributed by atoms with Gasteiger partial charge in [-0.15, -0.1) is 0 Å². The molecule has 9 heteroatoms. The van der Waals surface area contributed by atoms with Gasteiger partial charge in [-0.05, 0) is 73.1 Å². The Morgan fingerprint density at radius 3 is 2.58 bits per heavy atom. The first kappa shape index (κ1) is 23.0. The SMILES string of the molecule is CC12CCC3c4ccc(O)cc4CCC3C1CCC2(O)OC1OC(C(=O)O)C(O)C(O)C1O. The van der Waals surface area contributed by atoms with Gasteiger partial charge in [0.1, 0.15) is 24.1 Å². The van der Waals surface area contributed by atoms with E-state index in [1.165, 1.54) is 11.1 Å². The third-order valence-electron chi connectivity index (χ3n) is 8.91. The van der Waals surface area contributed by atoms with E-state index in [1.807, 2.05) is 19.1 Å². The smallest absolute Gasteiger partial charge is 0.335 e. The highest BCUT2D eigenvalue weighted by molar-refractivity contribution is 5.73. The molecule has 1 aromatic rings. The molecule has 4 aliphatic rings. The normalized spacial score (nSPS) is 46.8. The number of hydrogen-bond acceptors (Lipinski definition) is 8. The van der Waals surface area contributed by atoms with Crippen LogP contribution in [0.5, 0.6) is 5.75 Å². The molecule has 1 aliphatic heterocycles. The van der Waals surface area contributed by atoms with Crippen molar-refractivity contribution in [1.82, 2.24) is 0 Å². The molecule has 3 fully saturated rings. The second kappa shape index (κ2) is 7.90. The molecule has 33 heavy (non-hydrogen) atoms. The van der Waals surface area contributed by atoms with E-state index in [9.17, 15) is 35.4 Å². The van der Waals surface area contributed by atoms with Gasteiger partial charge in [-0.2, -0.15) is 0 Å². The first-order valence-electron chi connectivity index (χ1n) is 11.7. The average Bonchev–Trinajstić information content (AvgIpc) is 3.04. The van der Waals surface area contributed by atoms with Gasteiger partial charge in [-0.3, -0.25) is 0 Å². The van der Waals surface area contributed by atoms with Crippen LogP contribution in [0, 0.1) is 17.3 Å². The topological polar surface area (TPSA) is 157 Å². The van der Waals surface area contributed by atoms with Crippen LogP contribution in [0.25, 0.3) is 0 Å². The van der Waals surface area contributed by atoms with E-state index in [0.29, 0.717) is 31.1 Å². The molecular weight excluding hydrogens is 432 g/mol. The number of aliphatic carboxylic acids is 1. The lowest BCUT2D eigenvalue weighted by Crippen LogP contribution is -2.63. The molecule has 3 aliphatic carbocycles. The summed E-state index contributed by atoms with van der Waals surface area (Å²) in [6, 6.07) is 5.57. The molecule has 0 aromatic heterocycles. The molecule has 10 atom stereocenters. The fourth-order valence-electron chi connectivity index (χ4n) is 7.08. The largest absolute Gasteiger partial charge is 0.508 e. The lowest BCUT2D eigenvalue weighted by molar-refractivity contribution is -0.380. The first-order valence-corrected chi connectivity index (χ1v) is 11.7. The Bertz CT molecular complexity index is 937. The Labute approximate surface area is 191 Å². The third-order valence-corrected chi connectivity index (χ3v) is 8.91. The zero-order valence-corrected chi connectivity index (χ0v) is 18.5. The number of fused-ring (bicyclic) bond motifs is 5. The van der Waals surface area contributed by atoms with E-state index in [2.05, 4.69) is 0 Å². The number of benzene rings is 1. The number of rotatable bonds is 3. The number of hydrogen-bond donors (Lipinski definition) is 6. The number of aryl methyl sites for hydroxylation is 1. The predicted octanol–water partition coefficient (Wildman–Crippen LogP) is 0.846. The number of aromatic hydroxyl groups is 1. The number of aliphatic hydroxyl groups excluding tert-OH is 3. The predicted molar refractivity (Wildman–Crippen MR) is 113 cm³/mol. The minimum Gasteiger partial charge on any atom is -0.508 e. The van der Waals surface area contributed by atoms with Crippen molar-refractivity contribution in [3.63, 3.8) is 0 Å². The molecule has 1 heterocycles. The van der Waals surface area contributed by atoms with Crippen LogP contribution in [0.3, 0.4) is 0 Å². The van der Waals surface area contributed by atoms with Gasteiger partial charge in [-0.25, -0.2) is 4.79 Å². The highest BCUT2D eigenvalue weighted by Crippen LogP contribution is 2.65. The lowest BCUT2D eigenvalue weighted by atomic mass is 9.55. The fraction of sp³-hybridized carbons (Fsp3) is 0.708. The molecule has 2 saturated carbocycles. The van der Waals surface area contributed by atoms with E-state index in [0.717, 1.165) is 19.3 Å². The standard InChI is InChI=1S/C24H32O9/c1-23-8-6-14-13-5-3-12(25)10-11(13)2-4-15(14)16(23)7-9-24(23,31)33-22-19(28)17(26)18(27)20(32-22)21(29)30/h3,5,10,14-20,22,25-28,31H,2,4,6-9H2,1H3,(H,29,30). The third kappa shape index (κ3) is 3.40. The summed E-state index contributed by atoms with van der Waals surface area (Å²) >= 11 is 0. The number of carboxylic acid groups (broad SMARTS) is 1. The molecule has 9 nitrogen and oxygen atoms in total. The molecule has 5 rings (SSSR count). The molecule has 0 spiro atoms. The summed E-state index contributed by atoms with van der Waals surface area (Å²) in [7, 11) is 0. The van der Waals surface area contributed by atoms with E-state index >= 15 is 0 Å². The summed E-state index contributed by atoms with van der Waals surface area (Å²) < 4.78 is 11.2. The maximum absolute atomic E-state index is 11.7. The fourth-order valence-corrected chi connectivity index (χ4v) is 7.08. The maximum atomic E-state index is 11.7. The molecule has 0 amide bonds. The first-order chi connectivity index (χ1) is 15.6. The Morgan fingerprint density at radius 2 is 1.85 bits per heavy atom. The summed E-state index contributed by atoms with van der Waals surface area (Å²) in [4.78, 5) is 11.4. The Balaban J connectivity index is 1.39. The molecule has 1 aromatic carbocycles. The van der Waals surface area contributed by atoms with E-state index in [4.69, 9.17) is 9.47 Å². The van der Waals surface area contributed by atoms with Crippen molar-refractivity contribution in [2.24, 2.45) is 17.3 Å². The van der Waals surface area contributed by atoms with Crippen molar-refractivity contribution in [3.05, 3.63) is 29.3 Å². The number of carboxylic acids is 1. The molecular formula is C24H32O9. The number of aliphatic hydroxyl groups is 4. The van der Waals surface area contributed by atoms with Crippen molar-refractivity contribution in [2.75, 3.05) is 0 Å². The molecule has 0 bridgehead atoms. The number of carbonyl (C=O) groups is 1. The van der Waals surface area contributed by atoms with Gasteiger partial charge < -0.3 is 40.1 Å². The zero-order valence-electron chi connectivity index (χ0n) is 18.5. The van der Waals surface area contributed by atoms with Crippen molar-refractivity contribution >= 4 is 5.97 Å². The van der Waals surface area contributed by atoms with Gasteiger partial charge in [-0.1, -0.05) is 13.0 Å². The highest BCUT2D eigenvalue weighted by Gasteiger charge is 2.64. The van der Waals surface area contributed by atoms with Gasteiger partial charge in [0.25, 0.3) is 0 Å². The Hall–Kier alpha value is -1.75. The van der Waals surface area contributed by atoms with Gasteiger partial charge in [0, 0.05) is 11.8 Å². The highest BCUT2D eigenvalue weighted by atomic mass is 16.8. The van der Waals surface area contributed by atoms with Gasteiger partial charge >= 0.3 is 5.97 Å². The number of phenols is 1. The van der Waals surface area contributed by atoms with Crippen LogP contribution in [0.1, 0.15) is 56.1 Å². The van der Waals surface area contributed by atoms with Gasteiger partial charge in [0.15, 0.2) is 18.2 Å². The zero-order chi connectivity index (χ0) is 23.7. The number of ether oxygens (including phenoxy) is 2. The van der Waals surface area contributed by atoms with Crippen LogP contribution in [-0.4, -0.2) is 73.1 Å². The van der Waals surface area contributed by atoms with Crippen molar-refractivity contribution in [1.29, 1.82) is 0 Å². The molecule has 10 unspecified atom stereocenters. The molecule has 6 N–H and O–H groups in total. The summed E-state index contributed by atoms with van der Waals surface area (Å²) in [5, 5.41) is 61.3. The summed E-state index contributed by atoms with van der Waals surface area (Å²) in [5.74, 6) is -2.08. The van der Waals surface area contributed by atoms with E-state index < -0.39 is 47.9 Å². The second-order valence-corrected chi connectivity index (χ2v) is 10.4. The summed E-state index contributed by atoms with van der Waals surface area (Å²) in [6.07, 6.45) is -4.37. The van der Waals surface area contributed by atoms with Crippen LogP contribution in [0.15, 0.2) is 18.2 Å².